The SMILES string of the molecule is C=CCn1c(CSCc2ccc(C)cc2)nnc1SCC(=O)Nc1ccc(C)c(Cl)c1. The van der Waals surface area contributed by atoms with Crippen LogP contribution in [0.5, 0.6) is 0 Å². The van der Waals surface area contributed by atoms with E-state index < -0.39 is 0 Å². The highest BCUT2D eigenvalue weighted by Crippen LogP contribution is 2.23. The molecule has 3 aromatic rings. The first-order valence-electron chi connectivity index (χ1n) is 9.81. The molecule has 0 bridgehead atoms. The van der Waals surface area contributed by atoms with Crippen LogP contribution in [0.1, 0.15) is 22.5 Å². The lowest BCUT2D eigenvalue weighted by atomic mass is 10.2. The number of hydrogen-bond acceptors (Lipinski definition) is 5. The molecule has 0 spiro atoms. The molecule has 0 aliphatic heterocycles. The quantitative estimate of drug-likeness (QED) is 0.294. The number of anilines is 1. The van der Waals surface area contributed by atoms with Crippen molar-refractivity contribution >= 4 is 46.7 Å². The molecule has 31 heavy (non-hydrogen) atoms. The average molecular weight is 473 g/mol. The van der Waals surface area contributed by atoms with Crippen molar-refractivity contribution in [2.24, 2.45) is 0 Å². The van der Waals surface area contributed by atoms with E-state index in [1.165, 1.54) is 22.9 Å². The molecule has 0 aliphatic carbocycles. The second-order valence-corrected chi connectivity index (χ2v) is 9.41. The van der Waals surface area contributed by atoms with E-state index in [2.05, 4.69) is 53.3 Å². The summed E-state index contributed by atoms with van der Waals surface area (Å²) in [6.07, 6.45) is 1.82. The highest BCUT2D eigenvalue weighted by Gasteiger charge is 2.14. The van der Waals surface area contributed by atoms with E-state index >= 15 is 0 Å². The maximum atomic E-state index is 12.4. The Kier molecular flexibility index (Phi) is 8.63. The molecular formula is C23H25ClN4OS2. The molecule has 5 nitrogen and oxygen atoms in total. The zero-order valence-electron chi connectivity index (χ0n) is 17.6. The predicted molar refractivity (Wildman–Crippen MR) is 132 cm³/mol. The zero-order valence-corrected chi connectivity index (χ0v) is 20.0. The van der Waals surface area contributed by atoms with Crippen LogP contribution in [0.3, 0.4) is 0 Å². The molecule has 0 saturated carbocycles. The van der Waals surface area contributed by atoms with Crippen LogP contribution in [0.15, 0.2) is 60.3 Å². The van der Waals surface area contributed by atoms with Crippen molar-refractivity contribution in [1.82, 2.24) is 14.8 Å². The van der Waals surface area contributed by atoms with Crippen LogP contribution in [0, 0.1) is 13.8 Å². The van der Waals surface area contributed by atoms with Crippen LogP contribution in [-0.4, -0.2) is 26.4 Å². The minimum Gasteiger partial charge on any atom is -0.325 e. The van der Waals surface area contributed by atoms with Crippen LogP contribution in [0.4, 0.5) is 5.69 Å². The van der Waals surface area contributed by atoms with Gasteiger partial charge in [-0.2, -0.15) is 0 Å². The van der Waals surface area contributed by atoms with E-state index in [1.54, 1.807) is 17.8 Å². The number of thioether (sulfide) groups is 2. The number of nitrogens with zero attached hydrogens (tertiary/aromatic N) is 3. The molecule has 2 aromatic carbocycles. The van der Waals surface area contributed by atoms with Gasteiger partial charge in [0.2, 0.25) is 5.91 Å². The van der Waals surface area contributed by atoms with Gasteiger partial charge in [-0.1, -0.05) is 65.3 Å². The predicted octanol–water partition coefficient (Wildman–Crippen LogP) is 5.90. The average Bonchev–Trinajstić information content (AvgIpc) is 3.13. The number of aromatic nitrogens is 3. The third kappa shape index (κ3) is 6.89. The summed E-state index contributed by atoms with van der Waals surface area (Å²) in [4.78, 5) is 12.4. The second kappa shape index (κ2) is 11.4. The second-order valence-electron chi connectivity index (χ2n) is 7.08. The summed E-state index contributed by atoms with van der Waals surface area (Å²) in [5, 5.41) is 12.8. The molecule has 1 amide bonds. The van der Waals surface area contributed by atoms with Crippen LogP contribution >= 0.6 is 35.1 Å². The Morgan fingerprint density at radius 3 is 2.65 bits per heavy atom. The molecule has 1 aromatic heterocycles. The van der Waals surface area contributed by atoms with Crippen LogP contribution in [-0.2, 0) is 22.8 Å². The lowest BCUT2D eigenvalue weighted by Gasteiger charge is -2.09. The summed E-state index contributed by atoms with van der Waals surface area (Å²) in [6, 6.07) is 14.0. The number of nitrogens with one attached hydrogen (secondary N) is 1. The maximum absolute atomic E-state index is 12.4. The number of hydrogen-bond donors (Lipinski definition) is 1. The van der Waals surface area contributed by atoms with Crippen molar-refractivity contribution in [3.05, 3.63) is 82.7 Å². The fourth-order valence-corrected chi connectivity index (χ4v) is 4.66. The Bertz CT molecular complexity index is 1050. The number of allylic oxidation sites excluding steroid dienone is 1. The van der Waals surface area contributed by atoms with Crippen molar-refractivity contribution in [2.75, 3.05) is 11.1 Å². The Balaban J connectivity index is 1.56. The third-order valence-electron chi connectivity index (χ3n) is 4.51. The Labute approximate surface area is 196 Å². The fraction of sp³-hybridized carbons (Fsp3) is 0.261. The molecule has 1 heterocycles. The van der Waals surface area contributed by atoms with Crippen molar-refractivity contribution in [3.63, 3.8) is 0 Å². The van der Waals surface area contributed by atoms with E-state index in [9.17, 15) is 4.79 Å². The molecule has 0 saturated heterocycles. The Hall–Kier alpha value is -2.22. The number of carbonyl (C=O) groups excluding carboxylic acids is 1. The molecular weight excluding hydrogens is 448 g/mol. The first-order valence-corrected chi connectivity index (χ1v) is 12.3. The van der Waals surface area contributed by atoms with E-state index in [0.29, 0.717) is 22.4 Å². The molecule has 0 aliphatic rings. The third-order valence-corrected chi connectivity index (χ3v) is 6.89. The summed E-state index contributed by atoms with van der Waals surface area (Å²) < 4.78 is 2.01. The Morgan fingerprint density at radius 2 is 1.94 bits per heavy atom. The van der Waals surface area contributed by atoms with Crippen LogP contribution in [0.2, 0.25) is 5.02 Å². The monoisotopic (exact) mass is 472 g/mol. The zero-order chi connectivity index (χ0) is 22.2. The van der Waals surface area contributed by atoms with Crippen LogP contribution < -0.4 is 5.32 Å². The van der Waals surface area contributed by atoms with E-state index in [4.69, 9.17) is 11.6 Å². The number of halogens is 1. The van der Waals surface area contributed by atoms with Gasteiger partial charge in [0.1, 0.15) is 5.82 Å². The van der Waals surface area contributed by atoms with E-state index in [1.807, 2.05) is 29.7 Å². The number of amides is 1. The van der Waals surface area contributed by atoms with Crippen molar-refractivity contribution in [3.8, 4) is 0 Å². The van der Waals surface area contributed by atoms with Gasteiger partial charge in [0, 0.05) is 23.0 Å². The smallest absolute Gasteiger partial charge is 0.234 e. The highest BCUT2D eigenvalue weighted by molar-refractivity contribution is 7.99. The van der Waals surface area contributed by atoms with Gasteiger partial charge >= 0.3 is 0 Å². The van der Waals surface area contributed by atoms with Gasteiger partial charge < -0.3 is 9.88 Å². The van der Waals surface area contributed by atoms with Crippen molar-refractivity contribution in [1.29, 1.82) is 0 Å². The summed E-state index contributed by atoms with van der Waals surface area (Å²) in [6.45, 7) is 8.45. The van der Waals surface area contributed by atoms with Crippen molar-refractivity contribution in [2.45, 2.75) is 37.1 Å². The van der Waals surface area contributed by atoms with Gasteiger partial charge in [-0.15, -0.1) is 28.5 Å². The van der Waals surface area contributed by atoms with E-state index in [-0.39, 0.29) is 11.7 Å². The molecule has 1 N–H and O–H groups in total. The largest absolute Gasteiger partial charge is 0.325 e. The van der Waals surface area contributed by atoms with Gasteiger partial charge in [-0.05, 0) is 37.1 Å². The van der Waals surface area contributed by atoms with E-state index in [0.717, 1.165) is 22.9 Å². The number of benzene rings is 2. The molecule has 162 valence electrons. The topological polar surface area (TPSA) is 59.8 Å². The summed E-state index contributed by atoms with van der Waals surface area (Å²) >= 11 is 9.28. The van der Waals surface area contributed by atoms with Crippen LogP contribution in [0.25, 0.3) is 0 Å². The highest BCUT2D eigenvalue weighted by atomic mass is 35.5. The maximum Gasteiger partial charge on any atom is 0.234 e. The number of rotatable bonds is 10. The van der Waals surface area contributed by atoms with Gasteiger partial charge in [-0.25, -0.2) is 0 Å². The molecule has 8 heteroatoms. The van der Waals surface area contributed by atoms with Gasteiger partial charge in [0.05, 0.1) is 11.5 Å². The lowest BCUT2D eigenvalue weighted by molar-refractivity contribution is -0.113. The number of carbonyl (C=O) groups is 1. The molecule has 0 unspecified atom stereocenters. The Morgan fingerprint density at radius 1 is 1.16 bits per heavy atom. The summed E-state index contributed by atoms with van der Waals surface area (Å²) in [5.74, 6) is 2.64. The van der Waals surface area contributed by atoms with Gasteiger partial charge in [0.15, 0.2) is 5.16 Å². The summed E-state index contributed by atoms with van der Waals surface area (Å²) in [7, 11) is 0. The fourth-order valence-electron chi connectivity index (χ4n) is 2.79. The van der Waals surface area contributed by atoms with Crippen molar-refractivity contribution < 1.29 is 4.79 Å². The number of aryl methyl sites for hydroxylation is 2. The lowest BCUT2D eigenvalue weighted by Crippen LogP contribution is -2.14. The minimum absolute atomic E-state index is 0.117. The molecule has 0 atom stereocenters. The van der Waals surface area contributed by atoms with Gasteiger partial charge in [-0.3, -0.25) is 4.79 Å². The standard InChI is InChI=1S/C23H25ClN4OS2/c1-4-11-28-21(14-30-13-18-8-5-16(2)6-9-18)26-27-23(28)31-15-22(29)25-19-10-7-17(3)20(24)12-19/h4-10,12H,1,11,13-15H2,2-3H3,(H,25,29). The van der Waals surface area contributed by atoms with Gasteiger partial charge in [0.25, 0.3) is 0 Å². The summed E-state index contributed by atoms with van der Waals surface area (Å²) in [5.41, 5.74) is 4.20. The molecule has 3 rings (SSSR count). The first-order chi connectivity index (χ1) is 15.0. The molecule has 0 fully saturated rings. The normalized spacial score (nSPS) is 10.8. The first kappa shape index (κ1) is 23.4. The minimum atomic E-state index is -0.117. The molecule has 0 radical (unpaired) electrons.